The second-order valence-electron chi connectivity index (χ2n) is 9.90. The van der Waals surface area contributed by atoms with Crippen LogP contribution in [0.2, 0.25) is 0 Å². The first-order valence-corrected chi connectivity index (χ1v) is 13.3. The Bertz CT molecular complexity index is 1410. The van der Waals surface area contributed by atoms with Crippen molar-refractivity contribution in [2.75, 3.05) is 38.8 Å². The number of carbonyl (C=O) groups excluding carboxylic acids is 1. The lowest BCUT2D eigenvalue weighted by Crippen LogP contribution is -2.42. The number of nitrogens with one attached hydrogen (secondary N) is 1. The Hall–Kier alpha value is -4.00. The van der Waals surface area contributed by atoms with Gasteiger partial charge >= 0.3 is 0 Å². The van der Waals surface area contributed by atoms with Crippen molar-refractivity contribution in [1.82, 2.24) is 14.9 Å². The van der Waals surface area contributed by atoms with E-state index in [-0.39, 0.29) is 11.8 Å². The fraction of sp³-hybridized carbons (Fsp3) is 0.355. The number of aromatic nitrogens is 2. The number of ether oxygens (including phenoxy) is 2. The van der Waals surface area contributed by atoms with Crippen molar-refractivity contribution in [2.24, 2.45) is 5.92 Å². The van der Waals surface area contributed by atoms with Crippen molar-refractivity contribution in [1.29, 1.82) is 0 Å². The van der Waals surface area contributed by atoms with E-state index in [1.807, 2.05) is 24.3 Å². The second kappa shape index (κ2) is 11.6. The molecule has 0 unspecified atom stereocenters. The minimum Gasteiger partial charge on any atom is -0.493 e. The average molecular weight is 513 g/mol. The summed E-state index contributed by atoms with van der Waals surface area (Å²) in [6.07, 6.45) is 2.37. The van der Waals surface area contributed by atoms with Crippen molar-refractivity contribution >= 4 is 22.9 Å². The molecule has 0 saturated carbocycles. The minimum absolute atomic E-state index is 0.0193. The van der Waals surface area contributed by atoms with Crippen molar-refractivity contribution in [3.8, 4) is 11.5 Å². The molecule has 0 bridgehead atoms. The number of fused-ring (bicyclic) bond motifs is 1. The van der Waals surface area contributed by atoms with Gasteiger partial charge in [-0.05, 0) is 67.1 Å². The third-order valence-corrected chi connectivity index (χ3v) is 7.53. The summed E-state index contributed by atoms with van der Waals surface area (Å²) in [4.78, 5) is 20.3. The predicted octanol–water partition coefficient (Wildman–Crippen LogP) is 4.99. The Balaban J connectivity index is 1.21. The number of hydrogen-bond acceptors (Lipinski definition) is 5. The van der Waals surface area contributed by atoms with Gasteiger partial charge in [-0.2, -0.15) is 0 Å². The highest BCUT2D eigenvalue weighted by atomic mass is 16.5. The zero-order chi connectivity index (χ0) is 26.5. The lowest BCUT2D eigenvalue weighted by molar-refractivity contribution is -0.125. The largest absolute Gasteiger partial charge is 0.493 e. The normalized spacial score (nSPS) is 14.0. The van der Waals surface area contributed by atoms with Crippen LogP contribution in [0.1, 0.15) is 29.5 Å². The van der Waals surface area contributed by atoms with Gasteiger partial charge in [0.1, 0.15) is 0 Å². The highest BCUT2D eigenvalue weighted by Crippen LogP contribution is 2.29. The van der Waals surface area contributed by atoms with E-state index < -0.39 is 0 Å². The maximum Gasteiger partial charge on any atom is 0.223 e. The van der Waals surface area contributed by atoms with Crippen LogP contribution in [-0.4, -0.2) is 49.3 Å². The highest BCUT2D eigenvalue weighted by molar-refractivity contribution is 5.80. The number of amides is 1. The van der Waals surface area contributed by atoms with Gasteiger partial charge in [-0.3, -0.25) is 4.79 Å². The standard InChI is InChI=1S/C31H36N4O3/c1-22-8-4-5-9-25(22)21-35-27-11-7-6-10-26(27)33-31(35)34-18-15-24(16-19-34)30(36)32-17-14-23-12-13-28(37-2)29(20-23)38-3/h4-13,20,24H,14-19,21H2,1-3H3,(H,32,36). The molecule has 0 aliphatic carbocycles. The van der Waals surface area contributed by atoms with Crippen LogP contribution in [0.3, 0.4) is 0 Å². The molecule has 0 atom stereocenters. The molecular weight excluding hydrogens is 476 g/mol. The lowest BCUT2D eigenvalue weighted by Gasteiger charge is -2.32. The van der Waals surface area contributed by atoms with Crippen LogP contribution >= 0.6 is 0 Å². The van der Waals surface area contributed by atoms with E-state index in [9.17, 15) is 4.79 Å². The van der Waals surface area contributed by atoms with E-state index in [0.29, 0.717) is 18.0 Å². The number of nitrogens with zero attached hydrogens (tertiary/aromatic N) is 3. The monoisotopic (exact) mass is 512 g/mol. The molecule has 3 aromatic carbocycles. The minimum atomic E-state index is 0.0193. The third-order valence-electron chi connectivity index (χ3n) is 7.53. The van der Waals surface area contributed by atoms with Gasteiger partial charge in [0.05, 0.1) is 31.8 Å². The molecule has 38 heavy (non-hydrogen) atoms. The molecule has 0 spiro atoms. The molecule has 198 valence electrons. The van der Waals surface area contributed by atoms with E-state index >= 15 is 0 Å². The van der Waals surface area contributed by atoms with Gasteiger partial charge in [-0.1, -0.05) is 42.5 Å². The number of hydrogen-bond donors (Lipinski definition) is 1. The fourth-order valence-electron chi connectivity index (χ4n) is 5.27. The van der Waals surface area contributed by atoms with Gasteiger partial charge in [-0.15, -0.1) is 0 Å². The van der Waals surface area contributed by atoms with Gasteiger partial charge < -0.3 is 24.3 Å². The van der Waals surface area contributed by atoms with Crippen molar-refractivity contribution in [2.45, 2.75) is 32.7 Å². The summed E-state index contributed by atoms with van der Waals surface area (Å²) in [5, 5.41) is 3.14. The van der Waals surface area contributed by atoms with Crippen LogP contribution in [0.25, 0.3) is 11.0 Å². The number of para-hydroxylation sites is 2. The first-order valence-electron chi connectivity index (χ1n) is 13.3. The van der Waals surface area contributed by atoms with E-state index in [2.05, 4.69) is 64.2 Å². The molecule has 1 aliphatic heterocycles. The average Bonchev–Trinajstić information content (AvgIpc) is 3.32. The first-order chi connectivity index (χ1) is 18.6. The van der Waals surface area contributed by atoms with Crippen molar-refractivity contribution < 1.29 is 14.3 Å². The number of anilines is 1. The Kier molecular flexibility index (Phi) is 7.82. The predicted molar refractivity (Wildman–Crippen MR) is 151 cm³/mol. The molecule has 1 saturated heterocycles. The topological polar surface area (TPSA) is 68.6 Å². The molecule has 1 aromatic heterocycles. The quantitative estimate of drug-likeness (QED) is 0.342. The van der Waals surface area contributed by atoms with E-state index in [4.69, 9.17) is 14.5 Å². The number of rotatable bonds is 9. The van der Waals surface area contributed by atoms with Crippen LogP contribution in [0.15, 0.2) is 66.7 Å². The molecule has 1 aliphatic rings. The zero-order valence-electron chi connectivity index (χ0n) is 22.4. The van der Waals surface area contributed by atoms with Gasteiger partial charge in [0, 0.05) is 25.6 Å². The number of piperidine rings is 1. The SMILES string of the molecule is COc1ccc(CCNC(=O)C2CCN(c3nc4ccccc4n3Cc3ccccc3C)CC2)cc1OC. The Morgan fingerprint density at radius 2 is 1.71 bits per heavy atom. The van der Waals surface area contributed by atoms with Gasteiger partial charge in [0.15, 0.2) is 11.5 Å². The summed E-state index contributed by atoms with van der Waals surface area (Å²) in [5.41, 5.74) is 5.82. The first kappa shape index (κ1) is 25.6. The molecule has 1 amide bonds. The number of benzene rings is 3. The zero-order valence-corrected chi connectivity index (χ0v) is 22.4. The van der Waals surface area contributed by atoms with Crippen LogP contribution in [0, 0.1) is 12.8 Å². The summed E-state index contributed by atoms with van der Waals surface area (Å²) in [6.45, 7) is 5.15. The summed E-state index contributed by atoms with van der Waals surface area (Å²) in [6, 6.07) is 22.7. The van der Waals surface area contributed by atoms with E-state index in [1.165, 1.54) is 11.1 Å². The van der Waals surface area contributed by atoms with E-state index in [1.54, 1.807) is 14.2 Å². The van der Waals surface area contributed by atoms with Gasteiger partial charge in [-0.25, -0.2) is 4.98 Å². The molecule has 1 fully saturated rings. The summed E-state index contributed by atoms with van der Waals surface area (Å²) >= 11 is 0. The lowest BCUT2D eigenvalue weighted by atomic mass is 9.96. The van der Waals surface area contributed by atoms with Crippen molar-refractivity contribution in [3.05, 3.63) is 83.4 Å². The van der Waals surface area contributed by atoms with Crippen LogP contribution in [-0.2, 0) is 17.8 Å². The molecule has 0 radical (unpaired) electrons. The van der Waals surface area contributed by atoms with Crippen LogP contribution in [0.4, 0.5) is 5.95 Å². The number of imidazole rings is 1. The summed E-state index contributed by atoms with van der Waals surface area (Å²) < 4.78 is 13.0. The van der Waals surface area contributed by atoms with Crippen LogP contribution < -0.4 is 19.7 Å². The van der Waals surface area contributed by atoms with Gasteiger partial charge in [0.2, 0.25) is 11.9 Å². The Morgan fingerprint density at radius 1 is 0.974 bits per heavy atom. The smallest absolute Gasteiger partial charge is 0.223 e. The molecule has 2 heterocycles. The number of carbonyl (C=O) groups is 1. The molecule has 5 rings (SSSR count). The Morgan fingerprint density at radius 3 is 2.47 bits per heavy atom. The highest BCUT2D eigenvalue weighted by Gasteiger charge is 2.27. The summed E-state index contributed by atoms with van der Waals surface area (Å²) in [5.74, 6) is 2.56. The molecular formula is C31H36N4O3. The molecule has 7 nitrogen and oxygen atoms in total. The van der Waals surface area contributed by atoms with Gasteiger partial charge in [0.25, 0.3) is 0 Å². The van der Waals surface area contributed by atoms with Crippen molar-refractivity contribution in [3.63, 3.8) is 0 Å². The van der Waals surface area contributed by atoms with Crippen LogP contribution in [0.5, 0.6) is 11.5 Å². The number of aryl methyl sites for hydroxylation is 1. The maximum atomic E-state index is 12.9. The van der Waals surface area contributed by atoms with E-state index in [0.717, 1.165) is 61.4 Å². The maximum absolute atomic E-state index is 12.9. The Labute approximate surface area is 224 Å². The number of methoxy groups -OCH3 is 2. The molecule has 7 heteroatoms. The fourth-order valence-corrected chi connectivity index (χ4v) is 5.27. The second-order valence-corrected chi connectivity index (χ2v) is 9.90. The summed E-state index contributed by atoms with van der Waals surface area (Å²) in [7, 11) is 3.26. The molecule has 4 aromatic rings. The molecule has 1 N–H and O–H groups in total. The third kappa shape index (κ3) is 5.47.